The number of aromatic hydroxyl groups is 1. The highest BCUT2D eigenvalue weighted by Crippen LogP contribution is 2.30. The van der Waals surface area contributed by atoms with Crippen molar-refractivity contribution in [3.63, 3.8) is 0 Å². The lowest BCUT2D eigenvalue weighted by molar-refractivity contribution is 0.332. The normalized spacial score (nSPS) is 10.9. The van der Waals surface area contributed by atoms with Crippen molar-refractivity contribution in [2.75, 3.05) is 18.5 Å². The molecule has 27 heavy (non-hydrogen) atoms. The number of nitrogens with one attached hydrogen (secondary N) is 1. The molecule has 0 atom stereocenters. The summed E-state index contributed by atoms with van der Waals surface area (Å²) in [7, 11) is 0. The van der Waals surface area contributed by atoms with E-state index in [-0.39, 0.29) is 5.75 Å². The van der Waals surface area contributed by atoms with Gasteiger partial charge in [0, 0.05) is 11.6 Å². The van der Waals surface area contributed by atoms with E-state index in [0.717, 1.165) is 16.0 Å². The molecule has 0 amide bonds. The molecule has 0 aliphatic heterocycles. The number of phenols is 1. The molecule has 0 aliphatic carbocycles. The Morgan fingerprint density at radius 2 is 1.85 bits per heavy atom. The lowest BCUT2D eigenvalue weighted by Gasteiger charge is -2.12. The molecule has 0 radical (unpaired) electrons. The predicted octanol–water partition coefficient (Wildman–Crippen LogP) is 4.36. The highest BCUT2D eigenvalue weighted by Gasteiger charge is 2.13. The molecule has 0 fully saturated rings. The van der Waals surface area contributed by atoms with E-state index in [0.29, 0.717) is 30.1 Å². The fraction of sp³-hybridized carbons (Fsp3) is 0.100. The lowest BCUT2D eigenvalue weighted by atomic mass is 10.1. The number of aromatic nitrogens is 3. The summed E-state index contributed by atoms with van der Waals surface area (Å²) in [5.41, 5.74) is 1.99. The van der Waals surface area contributed by atoms with Gasteiger partial charge in [-0.15, -0.1) is 0 Å². The summed E-state index contributed by atoms with van der Waals surface area (Å²) in [6, 6.07) is 18.7. The van der Waals surface area contributed by atoms with Gasteiger partial charge in [0.2, 0.25) is 0 Å². The van der Waals surface area contributed by atoms with Gasteiger partial charge in [-0.25, -0.2) is 4.98 Å². The van der Waals surface area contributed by atoms with Crippen molar-refractivity contribution in [2.45, 2.75) is 0 Å². The van der Waals surface area contributed by atoms with Gasteiger partial charge < -0.3 is 15.2 Å². The summed E-state index contributed by atoms with van der Waals surface area (Å²) in [6.45, 7) is 1.09. The van der Waals surface area contributed by atoms with E-state index in [1.807, 2.05) is 48.5 Å². The minimum atomic E-state index is 0.184. The second kappa shape index (κ2) is 7.67. The fourth-order valence-corrected chi connectivity index (χ4v) is 3.10. The topological polar surface area (TPSA) is 71.7 Å². The molecule has 2 N–H and O–H groups in total. The van der Waals surface area contributed by atoms with Crippen LogP contribution in [-0.4, -0.2) is 32.9 Å². The van der Waals surface area contributed by atoms with Crippen LogP contribution in [0.15, 0.2) is 71.3 Å². The Labute approximate surface area is 164 Å². The van der Waals surface area contributed by atoms with Gasteiger partial charge in [-0.2, -0.15) is 9.61 Å². The summed E-state index contributed by atoms with van der Waals surface area (Å²) < 4.78 is 8.22. The van der Waals surface area contributed by atoms with Crippen LogP contribution in [0, 0.1) is 0 Å². The quantitative estimate of drug-likeness (QED) is 0.450. The number of rotatable bonds is 6. The summed E-state index contributed by atoms with van der Waals surface area (Å²) >= 11 is 3.48. The van der Waals surface area contributed by atoms with E-state index in [4.69, 9.17) is 4.74 Å². The molecule has 2 aromatic carbocycles. The zero-order chi connectivity index (χ0) is 18.6. The third kappa shape index (κ3) is 3.73. The third-order valence-corrected chi connectivity index (χ3v) is 4.59. The first kappa shape index (κ1) is 17.4. The van der Waals surface area contributed by atoms with Crippen LogP contribution >= 0.6 is 15.9 Å². The Hall–Kier alpha value is -3.06. The maximum absolute atomic E-state index is 10.2. The van der Waals surface area contributed by atoms with Crippen molar-refractivity contribution in [2.24, 2.45) is 0 Å². The lowest BCUT2D eigenvalue weighted by Crippen LogP contribution is -2.14. The van der Waals surface area contributed by atoms with Gasteiger partial charge in [-0.05, 0) is 40.2 Å². The summed E-state index contributed by atoms with van der Waals surface area (Å²) in [5.74, 6) is 1.78. The van der Waals surface area contributed by atoms with Gasteiger partial charge in [-0.1, -0.05) is 30.3 Å². The number of phenolic OH excluding ortho intramolecular Hbond substituents is 1. The van der Waals surface area contributed by atoms with Crippen LogP contribution in [0.25, 0.3) is 16.9 Å². The minimum Gasteiger partial charge on any atom is -0.507 e. The van der Waals surface area contributed by atoms with Gasteiger partial charge in [0.25, 0.3) is 0 Å². The van der Waals surface area contributed by atoms with Crippen LogP contribution in [0.5, 0.6) is 11.5 Å². The first-order chi connectivity index (χ1) is 13.2. The van der Waals surface area contributed by atoms with E-state index < -0.39 is 0 Å². The van der Waals surface area contributed by atoms with Gasteiger partial charge in [0.05, 0.1) is 22.9 Å². The Kier molecular flexibility index (Phi) is 4.93. The van der Waals surface area contributed by atoms with E-state index in [1.54, 1.807) is 22.8 Å². The van der Waals surface area contributed by atoms with Gasteiger partial charge >= 0.3 is 0 Å². The van der Waals surface area contributed by atoms with Crippen LogP contribution in [0.2, 0.25) is 0 Å². The van der Waals surface area contributed by atoms with Crippen LogP contribution in [-0.2, 0) is 0 Å². The van der Waals surface area contributed by atoms with Crippen LogP contribution in [0.4, 0.5) is 5.82 Å². The Morgan fingerprint density at radius 3 is 2.67 bits per heavy atom. The summed E-state index contributed by atoms with van der Waals surface area (Å²) in [5, 5.41) is 17.9. The highest BCUT2D eigenvalue weighted by atomic mass is 79.9. The van der Waals surface area contributed by atoms with Crippen molar-refractivity contribution in [3.8, 4) is 22.8 Å². The number of ether oxygens (including phenoxy) is 1. The third-order valence-electron chi connectivity index (χ3n) is 4.03. The number of hydrogen-bond donors (Lipinski definition) is 2. The molecule has 136 valence electrons. The monoisotopic (exact) mass is 424 g/mol. The molecule has 4 aromatic rings. The smallest absolute Gasteiger partial charge is 0.172 e. The molecule has 6 nitrogen and oxygen atoms in total. The molecule has 2 aromatic heterocycles. The maximum atomic E-state index is 10.2. The molecule has 0 aliphatic rings. The molecular formula is C20H17BrN4O2. The first-order valence-electron chi connectivity index (χ1n) is 8.47. The first-order valence-corrected chi connectivity index (χ1v) is 9.26. The minimum absolute atomic E-state index is 0.184. The average Bonchev–Trinajstić information content (AvgIpc) is 3.07. The number of nitrogens with zero attached hydrogens (tertiary/aromatic N) is 3. The molecule has 0 bridgehead atoms. The average molecular weight is 425 g/mol. The molecule has 0 saturated carbocycles. The van der Waals surface area contributed by atoms with E-state index in [9.17, 15) is 5.11 Å². The number of hydrogen-bond acceptors (Lipinski definition) is 5. The van der Waals surface area contributed by atoms with E-state index in [1.165, 1.54) is 0 Å². The molecule has 0 spiro atoms. The Bertz CT molecular complexity index is 1070. The molecule has 7 heteroatoms. The van der Waals surface area contributed by atoms with Gasteiger partial charge in [0.15, 0.2) is 5.65 Å². The van der Waals surface area contributed by atoms with Gasteiger partial charge in [-0.3, -0.25) is 0 Å². The number of benzene rings is 2. The predicted molar refractivity (Wildman–Crippen MR) is 108 cm³/mol. The van der Waals surface area contributed by atoms with Crippen molar-refractivity contribution < 1.29 is 9.84 Å². The SMILES string of the molecule is Oc1ccccc1-c1cc(NCCOc2ccccc2)n2ncc(Br)c2n1. The summed E-state index contributed by atoms with van der Waals surface area (Å²) in [6.07, 6.45) is 1.70. The van der Waals surface area contributed by atoms with Gasteiger partial charge in [0.1, 0.15) is 23.9 Å². The van der Waals surface area contributed by atoms with E-state index in [2.05, 4.69) is 31.3 Å². The second-order valence-corrected chi connectivity index (χ2v) is 6.71. The number of para-hydroxylation sites is 2. The van der Waals surface area contributed by atoms with Crippen LogP contribution in [0.3, 0.4) is 0 Å². The van der Waals surface area contributed by atoms with Crippen molar-refractivity contribution in [1.82, 2.24) is 14.6 Å². The second-order valence-electron chi connectivity index (χ2n) is 5.86. The number of anilines is 1. The fourth-order valence-electron chi connectivity index (χ4n) is 2.75. The molecule has 2 heterocycles. The zero-order valence-electron chi connectivity index (χ0n) is 14.3. The summed E-state index contributed by atoms with van der Waals surface area (Å²) in [4.78, 5) is 4.62. The highest BCUT2D eigenvalue weighted by molar-refractivity contribution is 9.10. The maximum Gasteiger partial charge on any atom is 0.172 e. The van der Waals surface area contributed by atoms with E-state index >= 15 is 0 Å². The van der Waals surface area contributed by atoms with Crippen molar-refractivity contribution in [3.05, 3.63) is 71.3 Å². The zero-order valence-corrected chi connectivity index (χ0v) is 15.9. The molecular weight excluding hydrogens is 408 g/mol. The Balaban J connectivity index is 1.59. The Morgan fingerprint density at radius 1 is 1.07 bits per heavy atom. The largest absolute Gasteiger partial charge is 0.507 e. The van der Waals surface area contributed by atoms with Crippen molar-refractivity contribution in [1.29, 1.82) is 0 Å². The van der Waals surface area contributed by atoms with Crippen LogP contribution in [0.1, 0.15) is 0 Å². The number of fused-ring (bicyclic) bond motifs is 1. The molecule has 4 rings (SSSR count). The van der Waals surface area contributed by atoms with Crippen LogP contribution < -0.4 is 10.1 Å². The van der Waals surface area contributed by atoms with Crippen molar-refractivity contribution >= 4 is 27.4 Å². The molecule has 0 unspecified atom stereocenters. The number of halogens is 1. The molecule has 0 saturated heterocycles. The standard InChI is InChI=1S/C20H17BrN4O2/c21-16-13-23-25-19(22-10-11-27-14-6-2-1-3-7-14)12-17(24-20(16)25)15-8-4-5-9-18(15)26/h1-9,12-13,22,26H,10-11H2.